The lowest BCUT2D eigenvalue weighted by Crippen LogP contribution is -2.34. The fourth-order valence-corrected chi connectivity index (χ4v) is 1.66. The minimum absolute atomic E-state index is 0.0954. The van der Waals surface area contributed by atoms with Crippen LogP contribution in [-0.4, -0.2) is 43.9 Å². The van der Waals surface area contributed by atoms with E-state index in [1.54, 1.807) is 0 Å². The van der Waals surface area contributed by atoms with Crippen molar-refractivity contribution >= 4 is 5.97 Å². The Hall–Kier alpha value is -1.47. The van der Waals surface area contributed by atoms with E-state index in [2.05, 4.69) is 10.3 Å². The van der Waals surface area contributed by atoms with Crippen LogP contribution >= 0.6 is 0 Å². The highest BCUT2D eigenvalue weighted by Crippen LogP contribution is 2.19. The maximum atomic E-state index is 11.0. The highest BCUT2D eigenvalue weighted by molar-refractivity contribution is 5.86. The molecule has 1 aromatic rings. The van der Waals surface area contributed by atoms with Gasteiger partial charge in [0.05, 0.1) is 24.4 Å². The van der Waals surface area contributed by atoms with Crippen molar-refractivity contribution in [3.63, 3.8) is 0 Å². The minimum atomic E-state index is -1.15. The molecule has 0 saturated carbocycles. The van der Waals surface area contributed by atoms with Gasteiger partial charge in [0.25, 0.3) is 0 Å². The number of methoxy groups -OCH3 is 1. The zero-order valence-corrected chi connectivity index (χ0v) is 10.9. The molecule has 2 N–H and O–H groups in total. The zero-order chi connectivity index (χ0) is 13.8. The molecule has 0 fully saturated rings. The summed E-state index contributed by atoms with van der Waals surface area (Å²) in [5.74, 6) is -1.15. The van der Waals surface area contributed by atoms with Crippen molar-refractivity contribution in [3.05, 3.63) is 11.4 Å². The van der Waals surface area contributed by atoms with Gasteiger partial charge in [0.2, 0.25) is 0 Å². The molecule has 0 aliphatic heterocycles. The van der Waals surface area contributed by atoms with Gasteiger partial charge in [0, 0.05) is 7.11 Å². The number of hydrogen-bond donors (Lipinski definition) is 2. The first-order valence-corrected chi connectivity index (χ1v) is 5.84. The van der Waals surface area contributed by atoms with Crippen LogP contribution in [-0.2, 0) is 17.9 Å². The molecule has 0 aliphatic carbocycles. The van der Waals surface area contributed by atoms with Gasteiger partial charge in [-0.05, 0) is 12.8 Å². The molecule has 18 heavy (non-hydrogen) atoms. The van der Waals surface area contributed by atoms with E-state index in [1.165, 1.54) is 11.8 Å². The Morgan fingerprint density at radius 3 is 2.50 bits per heavy atom. The summed E-state index contributed by atoms with van der Waals surface area (Å²) in [4.78, 5) is 11.0. The van der Waals surface area contributed by atoms with Crippen LogP contribution < -0.4 is 0 Å². The molecule has 7 heteroatoms. The van der Waals surface area contributed by atoms with Crippen LogP contribution in [0.25, 0.3) is 0 Å². The van der Waals surface area contributed by atoms with Gasteiger partial charge >= 0.3 is 5.97 Å². The second-order valence-corrected chi connectivity index (χ2v) is 4.21. The lowest BCUT2D eigenvalue weighted by molar-refractivity contribution is 0.00923. The lowest BCUT2D eigenvalue weighted by Gasteiger charge is -2.25. The van der Waals surface area contributed by atoms with Gasteiger partial charge in [-0.25, -0.2) is 9.48 Å². The summed E-state index contributed by atoms with van der Waals surface area (Å²) in [7, 11) is 1.47. The summed E-state index contributed by atoms with van der Waals surface area (Å²) >= 11 is 0. The summed E-state index contributed by atoms with van der Waals surface area (Å²) in [5.41, 5.74) is -0.678. The van der Waals surface area contributed by atoms with Crippen molar-refractivity contribution in [3.8, 4) is 0 Å². The smallest absolute Gasteiger partial charge is 0.358 e. The largest absolute Gasteiger partial charge is 0.476 e. The fourth-order valence-electron chi connectivity index (χ4n) is 1.66. The zero-order valence-electron chi connectivity index (χ0n) is 10.9. The highest BCUT2D eigenvalue weighted by atomic mass is 16.5. The predicted molar refractivity (Wildman–Crippen MR) is 63.2 cm³/mol. The molecule has 0 saturated heterocycles. The predicted octanol–water partition coefficient (Wildman–Crippen LogP) is 0.674. The van der Waals surface area contributed by atoms with Crippen molar-refractivity contribution in [2.24, 2.45) is 0 Å². The number of rotatable bonds is 7. The third-order valence-corrected chi connectivity index (χ3v) is 3.08. The summed E-state index contributed by atoms with van der Waals surface area (Å²) in [5, 5.41) is 26.6. The Morgan fingerprint density at radius 1 is 1.44 bits per heavy atom. The Labute approximate surface area is 105 Å². The summed E-state index contributed by atoms with van der Waals surface area (Å²) in [6, 6.07) is 0. The third-order valence-electron chi connectivity index (χ3n) is 3.08. The topological polar surface area (TPSA) is 97.5 Å². The molecule has 1 rings (SSSR count). The van der Waals surface area contributed by atoms with E-state index >= 15 is 0 Å². The Bertz CT molecular complexity index is 412. The van der Waals surface area contributed by atoms with Crippen LogP contribution in [0.4, 0.5) is 0 Å². The van der Waals surface area contributed by atoms with Crippen LogP contribution in [0.3, 0.4) is 0 Å². The van der Waals surface area contributed by atoms with Gasteiger partial charge in [0.15, 0.2) is 5.69 Å². The molecular weight excluding hydrogens is 238 g/mol. The molecule has 7 nitrogen and oxygen atoms in total. The van der Waals surface area contributed by atoms with E-state index in [0.717, 1.165) is 0 Å². The Balaban J connectivity index is 3.05. The number of hydrogen-bond acceptors (Lipinski definition) is 5. The summed E-state index contributed by atoms with van der Waals surface area (Å²) < 4.78 is 6.36. The maximum Gasteiger partial charge on any atom is 0.358 e. The first-order valence-electron chi connectivity index (χ1n) is 5.84. The van der Waals surface area contributed by atoms with Gasteiger partial charge in [0.1, 0.15) is 0 Å². The molecule has 0 unspecified atom stereocenters. The third kappa shape index (κ3) is 3.05. The first-order chi connectivity index (χ1) is 8.47. The molecule has 0 aromatic carbocycles. The number of carbonyl (C=O) groups is 1. The number of aromatic nitrogens is 3. The number of nitrogens with zero attached hydrogens (tertiary/aromatic N) is 3. The fraction of sp³-hybridized carbons (Fsp3) is 0.727. The molecule has 0 atom stereocenters. The van der Waals surface area contributed by atoms with Crippen LogP contribution in [0.15, 0.2) is 0 Å². The quantitative estimate of drug-likeness (QED) is 0.745. The molecule has 102 valence electrons. The van der Waals surface area contributed by atoms with E-state index in [1.807, 2.05) is 13.8 Å². The molecule has 0 radical (unpaired) electrons. The number of carboxylic acids is 1. The van der Waals surface area contributed by atoms with Crippen LogP contribution in [0.5, 0.6) is 0 Å². The van der Waals surface area contributed by atoms with Gasteiger partial charge < -0.3 is 14.9 Å². The highest BCUT2D eigenvalue weighted by Gasteiger charge is 2.27. The average molecular weight is 257 g/mol. The summed E-state index contributed by atoms with van der Waals surface area (Å²) in [6.45, 7) is 4.04. The van der Waals surface area contributed by atoms with Crippen molar-refractivity contribution in [2.45, 2.75) is 45.4 Å². The van der Waals surface area contributed by atoms with Crippen LogP contribution in [0.1, 0.15) is 42.9 Å². The summed E-state index contributed by atoms with van der Waals surface area (Å²) in [6.07, 6.45) is 1.11. The van der Waals surface area contributed by atoms with E-state index < -0.39 is 11.6 Å². The maximum absolute atomic E-state index is 11.0. The molecule has 1 aromatic heterocycles. The van der Waals surface area contributed by atoms with Crippen molar-refractivity contribution in [2.75, 3.05) is 7.11 Å². The number of carboxylic acid groups (broad SMARTS) is 1. The first kappa shape index (κ1) is 14.6. The molecule has 1 heterocycles. The van der Waals surface area contributed by atoms with Crippen molar-refractivity contribution < 1.29 is 19.7 Å². The second-order valence-electron chi connectivity index (χ2n) is 4.21. The number of aliphatic hydroxyl groups is 1. The van der Waals surface area contributed by atoms with Gasteiger partial charge in [-0.3, -0.25) is 0 Å². The molecule has 0 bridgehead atoms. The lowest BCUT2D eigenvalue weighted by atomic mass is 9.97. The van der Waals surface area contributed by atoms with Crippen molar-refractivity contribution in [1.82, 2.24) is 15.0 Å². The van der Waals surface area contributed by atoms with Gasteiger partial charge in [-0.2, -0.15) is 0 Å². The second kappa shape index (κ2) is 5.92. The van der Waals surface area contributed by atoms with Crippen LogP contribution in [0, 0.1) is 0 Å². The number of ether oxygens (including phenoxy) is 1. The molecule has 0 aliphatic rings. The van der Waals surface area contributed by atoms with Gasteiger partial charge in [-0.1, -0.05) is 19.1 Å². The SMILES string of the molecule is CCC(O)(CC)Cn1nnc(C(=O)O)c1COC. The van der Waals surface area contributed by atoms with E-state index in [0.29, 0.717) is 18.5 Å². The Morgan fingerprint density at radius 2 is 2.06 bits per heavy atom. The minimum Gasteiger partial charge on any atom is -0.476 e. The molecule has 0 amide bonds. The molecule has 0 spiro atoms. The average Bonchev–Trinajstić information content (AvgIpc) is 2.73. The van der Waals surface area contributed by atoms with Crippen molar-refractivity contribution in [1.29, 1.82) is 0 Å². The normalized spacial score (nSPS) is 11.8. The van der Waals surface area contributed by atoms with E-state index in [4.69, 9.17) is 9.84 Å². The van der Waals surface area contributed by atoms with Gasteiger partial charge in [-0.15, -0.1) is 5.10 Å². The number of aromatic carboxylic acids is 1. The van der Waals surface area contributed by atoms with E-state index in [9.17, 15) is 9.90 Å². The Kier molecular flexibility index (Phi) is 4.80. The molecular formula is C11H19N3O4. The monoisotopic (exact) mass is 257 g/mol. The van der Waals surface area contributed by atoms with Crippen LogP contribution in [0.2, 0.25) is 0 Å². The standard InChI is InChI=1S/C11H19N3O4/c1-4-11(17,5-2)7-14-8(6-18-3)9(10(15)16)12-13-14/h17H,4-7H2,1-3H3,(H,15,16). The van der Waals surface area contributed by atoms with E-state index in [-0.39, 0.29) is 18.8 Å².